The Hall–Kier alpha value is -0.470. The number of nitrogens with two attached hydrogens (primary N) is 1. The average molecular weight is 195 g/mol. The Bertz CT molecular complexity index is 258. The normalized spacial score (nSPS) is 12.8. The zero-order valence-electron chi connectivity index (χ0n) is 8.29. The lowest BCUT2D eigenvalue weighted by Crippen LogP contribution is -2.17. The number of benzene rings is 1. The van der Waals surface area contributed by atoms with Crippen LogP contribution in [0, 0.1) is 6.92 Å². The van der Waals surface area contributed by atoms with Crippen LogP contribution in [0.5, 0.6) is 0 Å². The first-order valence-electron chi connectivity index (χ1n) is 4.58. The Kier molecular flexibility index (Phi) is 4.33. The molecule has 0 unspecified atom stereocenters. The van der Waals surface area contributed by atoms with Crippen LogP contribution in [0.2, 0.25) is 0 Å². The lowest BCUT2D eigenvalue weighted by molar-refractivity contribution is 0.847. The molecule has 13 heavy (non-hydrogen) atoms. The minimum atomic E-state index is 0.300. The van der Waals surface area contributed by atoms with Crippen molar-refractivity contribution in [2.75, 3.05) is 5.75 Å². The van der Waals surface area contributed by atoms with E-state index in [0.717, 1.165) is 11.5 Å². The number of hydrogen-bond donors (Lipinski definition) is 1. The summed E-state index contributed by atoms with van der Waals surface area (Å²) >= 11 is 1.90. The molecule has 72 valence electrons. The van der Waals surface area contributed by atoms with Gasteiger partial charge in [-0.25, -0.2) is 0 Å². The van der Waals surface area contributed by atoms with Gasteiger partial charge in [0, 0.05) is 17.5 Å². The summed E-state index contributed by atoms with van der Waals surface area (Å²) in [7, 11) is 0. The van der Waals surface area contributed by atoms with Gasteiger partial charge in [-0.15, -0.1) is 0 Å². The van der Waals surface area contributed by atoms with E-state index in [-0.39, 0.29) is 0 Å². The van der Waals surface area contributed by atoms with Crippen LogP contribution < -0.4 is 5.73 Å². The number of thioether (sulfide) groups is 1. The van der Waals surface area contributed by atoms with Crippen LogP contribution in [-0.2, 0) is 5.75 Å². The van der Waals surface area contributed by atoms with Gasteiger partial charge >= 0.3 is 0 Å². The first-order valence-corrected chi connectivity index (χ1v) is 5.73. The molecule has 0 heterocycles. The van der Waals surface area contributed by atoms with Crippen LogP contribution in [0.4, 0.5) is 0 Å². The van der Waals surface area contributed by atoms with Crippen molar-refractivity contribution in [2.45, 2.75) is 25.6 Å². The standard InChI is InChI=1S/C11H17NS/c1-9-5-3-4-6-11(9)8-13-7-10(2)12/h3-6,10H,7-8,12H2,1-2H3/t10-/m1/s1. The van der Waals surface area contributed by atoms with Gasteiger partial charge in [0.15, 0.2) is 0 Å². The van der Waals surface area contributed by atoms with Gasteiger partial charge in [-0.2, -0.15) is 11.8 Å². The molecular weight excluding hydrogens is 178 g/mol. The molecule has 1 aromatic carbocycles. The van der Waals surface area contributed by atoms with E-state index < -0.39 is 0 Å². The molecule has 0 saturated heterocycles. The van der Waals surface area contributed by atoms with E-state index in [2.05, 4.69) is 31.2 Å². The summed E-state index contributed by atoms with van der Waals surface area (Å²) in [5, 5.41) is 0. The number of aryl methyl sites for hydroxylation is 1. The second-order valence-corrected chi connectivity index (χ2v) is 4.45. The molecule has 2 heteroatoms. The molecule has 1 atom stereocenters. The molecule has 1 nitrogen and oxygen atoms in total. The monoisotopic (exact) mass is 195 g/mol. The molecule has 0 aromatic heterocycles. The number of hydrogen-bond acceptors (Lipinski definition) is 2. The van der Waals surface area contributed by atoms with Crippen LogP contribution in [0.3, 0.4) is 0 Å². The van der Waals surface area contributed by atoms with Crippen LogP contribution in [0.1, 0.15) is 18.1 Å². The smallest absolute Gasteiger partial charge is 0.0187 e. The fraction of sp³-hybridized carbons (Fsp3) is 0.455. The van der Waals surface area contributed by atoms with Gasteiger partial charge in [0.2, 0.25) is 0 Å². The minimum Gasteiger partial charge on any atom is -0.327 e. The van der Waals surface area contributed by atoms with Gasteiger partial charge in [-0.3, -0.25) is 0 Å². The third kappa shape index (κ3) is 3.83. The third-order valence-electron chi connectivity index (χ3n) is 1.90. The van der Waals surface area contributed by atoms with Gasteiger partial charge in [-0.05, 0) is 25.0 Å². The Balaban J connectivity index is 2.41. The lowest BCUT2D eigenvalue weighted by atomic mass is 10.1. The molecule has 0 bridgehead atoms. The average Bonchev–Trinajstić information content (AvgIpc) is 2.08. The molecule has 1 rings (SSSR count). The Morgan fingerprint density at radius 2 is 2.08 bits per heavy atom. The van der Waals surface area contributed by atoms with Crippen molar-refractivity contribution in [1.29, 1.82) is 0 Å². The van der Waals surface area contributed by atoms with E-state index in [0.29, 0.717) is 6.04 Å². The zero-order chi connectivity index (χ0) is 9.68. The Morgan fingerprint density at radius 3 is 2.69 bits per heavy atom. The van der Waals surface area contributed by atoms with Crippen molar-refractivity contribution in [3.05, 3.63) is 35.4 Å². The predicted octanol–water partition coefficient (Wildman–Crippen LogP) is 2.58. The fourth-order valence-corrected chi connectivity index (χ4v) is 2.16. The maximum absolute atomic E-state index is 5.67. The highest BCUT2D eigenvalue weighted by atomic mass is 32.2. The van der Waals surface area contributed by atoms with E-state index in [9.17, 15) is 0 Å². The molecule has 0 aliphatic heterocycles. The highest BCUT2D eigenvalue weighted by molar-refractivity contribution is 7.98. The van der Waals surface area contributed by atoms with Gasteiger partial charge in [0.1, 0.15) is 0 Å². The first kappa shape index (κ1) is 10.6. The van der Waals surface area contributed by atoms with Gasteiger partial charge in [0.25, 0.3) is 0 Å². The molecule has 0 radical (unpaired) electrons. The summed E-state index contributed by atoms with van der Waals surface area (Å²) in [6.45, 7) is 4.20. The molecule has 2 N–H and O–H groups in total. The maximum Gasteiger partial charge on any atom is 0.0187 e. The third-order valence-corrected chi connectivity index (χ3v) is 3.18. The Morgan fingerprint density at radius 1 is 1.38 bits per heavy atom. The highest BCUT2D eigenvalue weighted by Crippen LogP contribution is 2.15. The predicted molar refractivity (Wildman–Crippen MR) is 61.0 cm³/mol. The molecule has 0 aliphatic carbocycles. The topological polar surface area (TPSA) is 26.0 Å². The molecule has 0 saturated carbocycles. The quantitative estimate of drug-likeness (QED) is 0.799. The second-order valence-electron chi connectivity index (χ2n) is 3.42. The van der Waals surface area contributed by atoms with Crippen molar-refractivity contribution in [1.82, 2.24) is 0 Å². The van der Waals surface area contributed by atoms with Crippen LogP contribution in [0.25, 0.3) is 0 Å². The molecule has 0 fully saturated rings. The summed E-state index contributed by atoms with van der Waals surface area (Å²) < 4.78 is 0. The van der Waals surface area contributed by atoms with E-state index in [1.54, 1.807) is 0 Å². The summed E-state index contributed by atoms with van der Waals surface area (Å²) in [6, 6.07) is 8.81. The van der Waals surface area contributed by atoms with Gasteiger partial charge in [0.05, 0.1) is 0 Å². The fourth-order valence-electron chi connectivity index (χ4n) is 1.13. The van der Waals surface area contributed by atoms with Crippen molar-refractivity contribution in [3.8, 4) is 0 Å². The summed E-state index contributed by atoms with van der Waals surface area (Å²) in [4.78, 5) is 0. The van der Waals surface area contributed by atoms with Crippen molar-refractivity contribution in [2.24, 2.45) is 5.73 Å². The summed E-state index contributed by atoms with van der Waals surface area (Å²) in [5.41, 5.74) is 8.47. The van der Waals surface area contributed by atoms with Crippen LogP contribution >= 0.6 is 11.8 Å². The van der Waals surface area contributed by atoms with Gasteiger partial charge < -0.3 is 5.73 Å². The lowest BCUT2D eigenvalue weighted by Gasteiger charge is -2.06. The van der Waals surface area contributed by atoms with E-state index in [4.69, 9.17) is 5.73 Å². The largest absolute Gasteiger partial charge is 0.327 e. The maximum atomic E-state index is 5.67. The first-order chi connectivity index (χ1) is 6.20. The molecular formula is C11H17NS. The molecule has 0 amide bonds. The van der Waals surface area contributed by atoms with E-state index in [1.807, 2.05) is 18.7 Å². The zero-order valence-corrected chi connectivity index (χ0v) is 9.10. The van der Waals surface area contributed by atoms with Gasteiger partial charge in [-0.1, -0.05) is 24.3 Å². The molecule has 1 aromatic rings. The van der Waals surface area contributed by atoms with E-state index in [1.165, 1.54) is 11.1 Å². The summed E-state index contributed by atoms with van der Waals surface area (Å²) in [6.07, 6.45) is 0. The van der Waals surface area contributed by atoms with E-state index >= 15 is 0 Å². The number of rotatable bonds is 4. The SMILES string of the molecule is Cc1ccccc1CSC[C@@H](C)N. The van der Waals surface area contributed by atoms with Crippen LogP contribution in [-0.4, -0.2) is 11.8 Å². The van der Waals surface area contributed by atoms with Crippen molar-refractivity contribution >= 4 is 11.8 Å². The highest BCUT2D eigenvalue weighted by Gasteiger charge is 1.98. The molecule has 0 aliphatic rings. The second kappa shape index (κ2) is 5.30. The van der Waals surface area contributed by atoms with Crippen molar-refractivity contribution < 1.29 is 0 Å². The minimum absolute atomic E-state index is 0.300. The molecule has 0 spiro atoms. The Labute approximate surface area is 84.7 Å². The summed E-state index contributed by atoms with van der Waals surface area (Å²) in [5.74, 6) is 2.11. The van der Waals surface area contributed by atoms with Crippen LogP contribution in [0.15, 0.2) is 24.3 Å². The van der Waals surface area contributed by atoms with Crippen molar-refractivity contribution in [3.63, 3.8) is 0 Å².